The lowest BCUT2D eigenvalue weighted by Crippen LogP contribution is -2.32. The Morgan fingerprint density at radius 3 is 2.78 bits per heavy atom. The normalized spacial score (nSPS) is 21.8. The second kappa shape index (κ2) is 3.70. The van der Waals surface area contributed by atoms with Gasteiger partial charge in [0.1, 0.15) is 5.41 Å². The second-order valence-corrected chi connectivity index (χ2v) is 4.90. The van der Waals surface area contributed by atoms with E-state index in [2.05, 4.69) is 5.10 Å². The minimum absolute atomic E-state index is 0.641. The number of nitrogens with zero attached hydrogens (tertiary/aromatic N) is 2. The molecule has 1 atom stereocenters. The van der Waals surface area contributed by atoms with Crippen LogP contribution in [0.1, 0.15) is 24.6 Å². The van der Waals surface area contributed by atoms with Crippen molar-refractivity contribution in [2.24, 2.45) is 0 Å². The number of benzene rings is 1. The molecule has 2 aromatic rings. The van der Waals surface area contributed by atoms with Crippen LogP contribution in [0.2, 0.25) is 0 Å². The van der Waals surface area contributed by atoms with Gasteiger partial charge in [-0.3, -0.25) is 4.79 Å². The Kier molecular flexibility index (Phi) is 2.26. The van der Waals surface area contributed by atoms with Gasteiger partial charge in [-0.25, -0.2) is 4.68 Å². The first-order valence-electron chi connectivity index (χ1n) is 5.99. The topological polar surface area (TPSA) is 55.1 Å². The van der Waals surface area contributed by atoms with Crippen molar-refractivity contribution in [2.75, 3.05) is 0 Å². The molecule has 4 heteroatoms. The number of fused-ring (bicyclic) bond motifs is 1. The van der Waals surface area contributed by atoms with Crippen LogP contribution in [-0.4, -0.2) is 20.9 Å². The van der Waals surface area contributed by atoms with Crippen LogP contribution in [0.5, 0.6) is 0 Å². The summed E-state index contributed by atoms with van der Waals surface area (Å²) in [6.07, 6.45) is 3.21. The molecule has 1 aliphatic rings. The first-order valence-corrected chi connectivity index (χ1v) is 5.99. The summed E-state index contributed by atoms with van der Waals surface area (Å²) in [5.74, 6) is -0.779. The summed E-state index contributed by atoms with van der Waals surface area (Å²) >= 11 is 0. The molecule has 1 aliphatic carbocycles. The van der Waals surface area contributed by atoms with E-state index >= 15 is 0 Å². The van der Waals surface area contributed by atoms with E-state index in [1.807, 2.05) is 30.3 Å². The lowest BCUT2D eigenvalue weighted by molar-refractivity contribution is -0.143. The molecule has 0 amide bonds. The standard InChI is InChI=1S/C14H14N2O2/c1-14(13(17)18)8-7-10-9-15-16(12(10)14)11-5-3-2-4-6-11/h2-6,9H,7-8H2,1H3,(H,17,18). The van der Waals surface area contributed by atoms with Gasteiger partial charge in [-0.2, -0.15) is 5.10 Å². The maximum atomic E-state index is 11.5. The van der Waals surface area contributed by atoms with Gasteiger partial charge in [-0.1, -0.05) is 18.2 Å². The molecule has 0 fully saturated rings. The molecule has 0 radical (unpaired) electrons. The fourth-order valence-corrected chi connectivity index (χ4v) is 2.63. The Balaban J connectivity index is 2.19. The molecular formula is C14H14N2O2. The van der Waals surface area contributed by atoms with E-state index in [1.165, 1.54) is 0 Å². The first-order chi connectivity index (χ1) is 8.63. The van der Waals surface area contributed by atoms with Gasteiger partial charge in [-0.05, 0) is 37.5 Å². The highest BCUT2D eigenvalue weighted by atomic mass is 16.4. The third-order valence-corrected chi connectivity index (χ3v) is 3.73. The fraction of sp³-hybridized carbons (Fsp3) is 0.286. The van der Waals surface area contributed by atoms with E-state index in [9.17, 15) is 9.90 Å². The molecule has 1 N–H and O–H groups in total. The molecule has 0 aliphatic heterocycles. The Labute approximate surface area is 105 Å². The van der Waals surface area contributed by atoms with Crippen LogP contribution >= 0.6 is 0 Å². The first kappa shape index (κ1) is 11.0. The van der Waals surface area contributed by atoms with Gasteiger partial charge in [0.15, 0.2) is 0 Å². The maximum Gasteiger partial charge on any atom is 0.315 e. The molecule has 1 unspecified atom stereocenters. The summed E-state index contributed by atoms with van der Waals surface area (Å²) in [5.41, 5.74) is 1.94. The lowest BCUT2D eigenvalue weighted by atomic mass is 9.88. The number of aromatic nitrogens is 2. The van der Waals surface area contributed by atoms with Crippen LogP contribution in [0, 0.1) is 0 Å². The molecule has 92 valence electrons. The van der Waals surface area contributed by atoms with Gasteiger partial charge in [0.05, 0.1) is 17.6 Å². The Bertz CT molecular complexity index is 604. The number of carboxylic acids is 1. The molecule has 0 saturated carbocycles. The number of para-hydroxylation sites is 1. The summed E-state index contributed by atoms with van der Waals surface area (Å²) < 4.78 is 1.76. The van der Waals surface area contributed by atoms with E-state index in [4.69, 9.17) is 0 Å². The summed E-state index contributed by atoms with van der Waals surface area (Å²) in [6, 6.07) is 9.66. The van der Waals surface area contributed by atoms with Crippen molar-refractivity contribution in [3.05, 3.63) is 47.8 Å². The minimum Gasteiger partial charge on any atom is -0.481 e. The molecule has 1 aromatic heterocycles. The second-order valence-electron chi connectivity index (χ2n) is 4.90. The monoisotopic (exact) mass is 242 g/mol. The van der Waals surface area contributed by atoms with Gasteiger partial charge in [-0.15, -0.1) is 0 Å². The highest BCUT2D eigenvalue weighted by Crippen LogP contribution is 2.39. The van der Waals surface area contributed by atoms with Crippen molar-refractivity contribution < 1.29 is 9.90 Å². The van der Waals surface area contributed by atoms with Crippen molar-refractivity contribution in [3.8, 4) is 5.69 Å². The number of carboxylic acid groups (broad SMARTS) is 1. The van der Waals surface area contributed by atoms with E-state index in [0.717, 1.165) is 23.4 Å². The predicted molar refractivity (Wildman–Crippen MR) is 66.9 cm³/mol. The third kappa shape index (κ3) is 1.38. The average Bonchev–Trinajstić information content (AvgIpc) is 2.93. The highest BCUT2D eigenvalue weighted by molar-refractivity contribution is 5.82. The van der Waals surface area contributed by atoms with Crippen LogP contribution in [0.4, 0.5) is 0 Å². The number of carbonyl (C=O) groups is 1. The van der Waals surface area contributed by atoms with E-state index < -0.39 is 11.4 Å². The van der Waals surface area contributed by atoms with E-state index in [0.29, 0.717) is 6.42 Å². The van der Waals surface area contributed by atoms with Gasteiger partial charge in [0.2, 0.25) is 0 Å². The number of aryl methyl sites for hydroxylation is 1. The zero-order valence-corrected chi connectivity index (χ0v) is 10.1. The van der Waals surface area contributed by atoms with Crippen molar-refractivity contribution in [3.63, 3.8) is 0 Å². The fourth-order valence-electron chi connectivity index (χ4n) is 2.63. The lowest BCUT2D eigenvalue weighted by Gasteiger charge is -2.21. The SMILES string of the molecule is CC1(C(=O)O)CCc2cnn(-c3ccccc3)c21. The zero-order valence-electron chi connectivity index (χ0n) is 10.1. The van der Waals surface area contributed by atoms with Crippen LogP contribution in [-0.2, 0) is 16.6 Å². The van der Waals surface area contributed by atoms with E-state index in [1.54, 1.807) is 17.8 Å². The van der Waals surface area contributed by atoms with Crippen molar-refractivity contribution >= 4 is 5.97 Å². The van der Waals surface area contributed by atoms with Crippen molar-refractivity contribution in [1.82, 2.24) is 9.78 Å². The number of aliphatic carboxylic acids is 1. The molecule has 4 nitrogen and oxygen atoms in total. The molecular weight excluding hydrogens is 228 g/mol. The largest absolute Gasteiger partial charge is 0.481 e. The number of hydrogen-bond donors (Lipinski definition) is 1. The molecule has 0 spiro atoms. The Morgan fingerprint density at radius 1 is 1.39 bits per heavy atom. The zero-order chi connectivity index (χ0) is 12.8. The summed E-state index contributed by atoms with van der Waals surface area (Å²) in [6.45, 7) is 1.78. The quantitative estimate of drug-likeness (QED) is 0.878. The molecule has 1 aromatic carbocycles. The Morgan fingerprint density at radius 2 is 2.11 bits per heavy atom. The van der Waals surface area contributed by atoms with E-state index in [-0.39, 0.29) is 0 Å². The Hall–Kier alpha value is -2.10. The maximum absolute atomic E-state index is 11.5. The van der Waals surface area contributed by atoms with Crippen LogP contribution in [0.25, 0.3) is 5.69 Å². The van der Waals surface area contributed by atoms with Gasteiger partial charge < -0.3 is 5.11 Å². The van der Waals surface area contributed by atoms with Gasteiger partial charge in [0, 0.05) is 0 Å². The number of rotatable bonds is 2. The van der Waals surface area contributed by atoms with Crippen LogP contribution < -0.4 is 0 Å². The minimum atomic E-state index is -0.832. The summed E-state index contributed by atoms with van der Waals surface area (Å²) in [5, 5.41) is 13.8. The smallest absolute Gasteiger partial charge is 0.315 e. The summed E-state index contributed by atoms with van der Waals surface area (Å²) in [7, 11) is 0. The van der Waals surface area contributed by atoms with Gasteiger partial charge in [0.25, 0.3) is 0 Å². The molecule has 0 saturated heterocycles. The predicted octanol–water partition coefficient (Wildman–Crippen LogP) is 2.16. The highest BCUT2D eigenvalue weighted by Gasteiger charge is 2.44. The average molecular weight is 242 g/mol. The third-order valence-electron chi connectivity index (χ3n) is 3.73. The van der Waals surface area contributed by atoms with Crippen LogP contribution in [0.3, 0.4) is 0 Å². The number of hydrogen-bond acceptors (Lipinski definition) is 2. The molecule has 18 heavy (non-hydrogen) atoms. The van der Waals surface area contributed by atoms with Crippen molar-refractivity contribution in [1.29, 1.82) is 0 Å². The summed E-state index contributed by atoms with van der Waals surface area (Å²) in [4.78, 5) is 11.5. The molecule has 1 heterocycles. The molecule has 0 bridgehead atoms. The van der Waals surface area contributed by atoms with Crippen LogP contribution in [0.15, 0.2) is 36.5 Å². The molecule has 3 rings (SSSR count). The van der Waals surface area contributed by atoms with Crippen molar-refractivity contribution in [2.45, 2.75) is 25.2 Å². The van der Waals surface area contributed by atoms with Gasteiger partial charge >= 0.3 is 5.97 Å².